The number of hydrogen-bond acceptors (Lipinski definition) is 4. The van der Waals surface area contributed by atoms with Gasteiger partial charge in [0.05, 0.1) is 11.4 Å². The summed E-state index contributed by atoms with van der Waals surface area (Å²) >= 11 is 0. The standard InChI is InChI=1S/C10H7F2N2.C10H11NO2.Ir/c1-14-5-4-13-10(14)8-3-2-7(11)6-9(8)12;1-7(12)10(8(2)13)9-3-5-11-6-4-9;/h2,4-6H,1H3;3-6,12H,1-2H3;/q-1;;/b;10-7+;. The second kappa shape index (κ2) is 10.6. The molecule has 1 aromatic carbocycles. The fourth-order valence-electron chi connectivity index (χ4n) is 2.41. The minimum atomic E-state index is -0.653. The van der Waals surface area contributed by atoms with Crippen molar-refractivity contribution in [2.75, 3.05) is 0 Å². The average molecular weight is 563 g/mol. The molecule has 0 aliphatic rings. The van der Waals surface area contributed by atoms with Crippen molar-refractivity contribution in [2.24, 2.45) is 7.05 Å². The van der Waals surface area contributed by atoms with Crippen LogP contribution in [0.5, 0.6) is 0 Å². The van der Waals surface area contributed by atoms with Crippen LogP contribution in [-0.4, -0.2) is 25.4 Å². The normalized spacial score (nSPS) is 10.9. The third-order valence-corrected chi connectivity index (χ3v) is 3.59. The van der Waals surface area contributed by atoms with Gasteiger partial charge in [0, 0.05) is 63.6 Å². The Bertz CT molecular complexity index is 969. The molecule has 2 aromatic heterocycles. The molecular weight excluding hydrogens is 544 g/mol. The van der Waals surface area contributed by atoms with Crippen LogP contribution in [0.2, 0.25) is 0 Å². The number of Topliss-reactive ketones (excluding diaryl/α,β-unsaturated/α-hetero) is 1. The molecule has 8 heteroatoms. The number of hydrogen-bond donors (Lipinski definition) is 1. The number of imidazole rings is 1. The van der Waals surface area contributed by atoms with Gasteiger partial charge in [0.2, 0.25) is 0 Å². The van der Waals surface area contributed by atoms with E-state index in [2.05, 4.69) is 16.0 Å². The van der Waals surface area contributed by atoms with Crippen molar-refractivity contribution in [3.63, 3.8) is 0 Å². The van der Waals surface area contributed by atoms with Gasteiger partial charge in [0.25, 0.3) is 0 Å². The van der Waals surface area contributed by atoms with Gasteiger partial charge in [-0.25, -0.2) is 0 Å². The number of nitrogens with zero attached hydrogens (tertiary/aromatic N) is 3. The molecule has 0 fully saturated rings. The number of carbonyl (C=O) groups excluding carboxylic acids is 1. The molecule has 2 heterocycles. The van der Waals surface area contributed by atoms with Crippen LogP contribution in [0, 0.1) is 17.7 Å². The van der Waals surface area contributed by atoms with E-state index in [1.54, 1.807) is 48.5 Å². The van der Waals surface area contributed by atoms with E-state index in [1.807, 2.05) is 0 Å². The number of aliphatic hydroxyl groups is 1. The van der Waals surface area contributed by atoms with Crippen molar-refractivity contribution in [2.45, 2.75) is 13.8 Å². The molecule has 28 heavy (non-hydrogen) atoms. The van der Waals surface area contributed by atoms with E-state index in [1.165, 1.54) is 13.8 Å². The summed E-state index contributed by atoms with van der Waals surface area (Å²) in [5, 5.41) is 9.27. The van der Waals surface area contributed by atoms with Crippen molar-refractivity contribution in [3.8, 4) is 11.4 Å². The molecule has 0 aliphatic carbocycles. The number of rotatable bonds is 3. The molecular formula is C20H18F2IrN3O2-. The summed E-state index contributed by atoms with van der Waals surface area (Å²) in [7, 11) is 1.74. The average Bonchev–Trinajstić information content (AvgIpc) is 3.02. The van der Waals surface area contributed by atoms with Crippen LogP contribution >= 0.6 is 0 Å². The second-order valence-corrected chi connectivity index (χ2v) is 5.66. The largest absolute Gasteiger partial charge is 0.512 e. The third kappa shape index (κ3) is 5.90. The monoisotopic (exact) mass is 563 g/mol. The van der Waals surface area contributed by atoms with E-state index in [-0.39, 0.29) is 37.2 Å². The maximum Gasteiger partial charge on any atom is 0.163 e. The fourth-order valence-corrected chi connectivity index (χ4v) is 2.41. The Hall–Kier alpha value is -2.70. The Balaban J connectivity index is 0.000000271. The zero-order valence-corrected chi connectivity index (χ0v) is 17.8. The van der Waals surface area contributed by atoms with E-state index < -0.39 is 11.6 Å². The first-order valence-electron chi connectivity index (χ1n) is 7.96. The zero-order chi connectivity index (χ0) is 20.0. The van der Waals surface area contributed by atoms with E-state index in [9.17, 15) is 18.7 Å². The molecule has 1 radical (unpaired) electrons. The quantitative estimate of drug-likeness (QED) is 0.296. The number of halogens is 2. The van der Waals surface area contributed by atoms with E-state index in [4.69, 9.17) is 0 Å². The molecule has 5 nitrogen and oxygen atoms in total. The molecule has 3 rings (SSSR count). The number of benzene rings is 1. The molecule has 1 N–H and O–H groups in total. The summed E-state index contributed by atoms with van der Waals surface area (Å²) in [6.07, 6.45) is 6.40. The molecule has 0 aliphatic heterocycles. The Labute approximate surface area is 175 Å². The van der Waals surface area contributed by atoms with Crippen molar-refractivity contribution in [1.82, 2.24) is 14.5 Å². The number of aromatic nitrogens is 3. The maximum absolute atomic E-state index is 13.3. The first kappa shape index (κ1) is 23.3. The first-order chi connectivity index (χ1) is 12.8. The Morgan fingerprint density at radius 3 is 2.29 bits per heavy atom. The minimum absolute atomic E-state index is 0. The summed E-state index contributed by atoms with van der Waals surface area (Å²) in [4.78, 5) is 18.9. The second-order valence-electron chi connectivity index (χ2n) is 5.66. The van der Waals surface area contributed by atoms with Crippen LogP contribution in [0.15, 0.2) is 54.8 Å². The maximum atomic E-state index is 13.3. The number of pyridine rings is 1. The van der Waals surface area contributed by atoms with Crippen LogP contribution in [0.4, 0.5) is 8.78 Å². The van der Waals surface area contributed by atoms with Crippen molar-refractivity contribution in [1.29, 1.82) is 0 Å². The van der Waals surface area contributed by atoms with Crippen LogP contribution in [-0.2, 0) is 31.9 Å². The van der Waals surface area contributed by atoms with E-state index in [0.29, 0.717) is 17.0 Å². The van der Waals surface area contributed by atoms with Crippen LogP contribution in [0.3, 0.4) is 0 Å². The van der Waals surface area contributed by atoms with Crippen LogP contribution in [0.25, 0.3) is 17.0 Å². The van der Waals surface area contributed by atoms with Gasteiger partial charge in [0.15, 0.2) is 5.78 Å². The van der Waals surface area contributed by atoms with Gasteiger partial charge in [-0.3, -0.25) is 23.5 Å². The molecule has 0 atom stereocenters. The number of aryl methyl sites for hydroxylation is 1. The molecule has 3 aromatic rings. The SMILES string of the molecule is CC(=O)/C(=C(/C)O)c1ccncc1.Cn1ccnc1-c1[c-]cc(F)cc1F.[Ir]. The van der Waals surface area contributed by atoms with Gasteiger partial charge in [-0.15, -0.1) is 12.1 Å². The Morgan fingerprint density at radius 1 is 1.18 bits per heavy atom. The Morgan fingerprint density at radius 2 is 1.82 bits per heavy atom. The van der Waals surface area contributed by atoms with Crippen molar-refractivity contribution in [3.05, 3.63) is 78.1 Å². The predicted octanol–water partition coefficient (Wildman–Crippen LogP) is 4.12. The summed E-state index contributed by atoms with van der Waals surface area (Å²) in [5.41, 5.74) is 1.23. The molecule has 0 unspecified atom stereocenters. The van der Waals surface area contributed by atoms with Gasteiger partial charge in [0.1, 0.15) is 5.76 Å². The van der Waals surface area contributed by atoms with Gasteiger partial charge < -0.3 is 9.67 Å². The minimum Gasteiger partial charge on any atom is -0.512 e. The topological polar surface area (TPSA) is 68.0 Å². The fraction of sp³-hybridized carbons (Fsp3) is 0.150. The summed E-state index contributed by atoms with van der Waals surface area (Å²) in [5.74, 6) is -0.966. The molecule has 149 valence electrons. The van der Waals surface area contributed by atoms with Gasteiger partial charge in [-0.05, 0) is 31.5 Å². The number of aliphatic hydroxyl groups excluding tert-OH is 1. The van der Waals surface area contributed by atoms with Crippen molar-refractivity contribution >= 4 is 11.4 Å². The van der Waals surface area contributed by atoms with Crippen molar-refractivity contribution < 1.29 is 38.8 Å². The van der Waals surface area contributed by atoms with E-state index >= 15 is 0 Å². The zero-order valence-electron chi connectivity index (χ0n) is 15.4. The van der Waals surface area contributed by atoms with Crippen LogP contribution < -0.4 is 0 Å². The molecule has 0 spiro atoms. The first-order valence-corrected chi connectivity index (χ1v) is 7.96. The number of carbonyl (C=O) groups is 1. The molecule has 0 saturated carbocycles. The van der Waals surface area contributed by atoms with Crippen LogP contribution in [0.1, 0.15) is 19.4 Å². The Kier molecular flexibility index (Phi) is 8.82. The number of allylic oxidation sites excluding steroid dienone is 2. The van der Waals surface area contributed by atoms with Gasteiger partial charge >= 0.3 is 0 Å². The van der Waals surface area contributed by atoms with E-state index in [0.717, 1.165) is 12.1 Å². The number of ketones is 1. The summed E-state index contributed by atoms with van der Waals surface area (Å²) in [6, 6.07) is 7.81. The summed E-state index contributed by atoms with van der Waals surface area (Å²) in [6.45, 7) is 2.92. The molecule has 0 saturated heterocycles. The molecule has 0 bridgehead atoms. The predicted molar refractivity (Wildman–Crippen MR) is 97.5 cm³/mol. The third-order valence-electron chi connectivity index (χ3n) is 3.59. The smallest absolute Gasteiger partial charge is 0.163 e. The van der Waals surface area contributed by atoms with Gasteiger partial charge in [-0.1, -0.05) is 11.6 Å². The summed E-state index contributed by atoms with van der Waals surface area (Å²) < 4.78 is 27.5. The van der Waals surface area contributed by atoms with Gasteiger partial charge in [-0.2, -0.15) is 0 Å². The molecule has 0 amide bonds.